The van der Waals surface area contributed by atoms with Gasteiger partial charge in [-0.05, 0) is 43.9 Å². The van der Waals surface area contributed by atoms with E-state index in [9.17, 15) is 9.90 Å². The number of aromatic hydroxyl groups is 1. The molecule has 0 spiro atoms. The van der Waals surface area contributed by atoms with Gasteiger partial charge in [-0.1, -0.05) is 12.1 Å². The van der Waals surface area contributed by atoms with Crippen molar-refractivity contribution in [2.75, 3.05) is 52.4 Å². The summed E-state index contributed by atoms with van der Waals surface area (Å²) in [7, 11) is 0. The van der Waals surface area contributed by atoms with Crippen molar-refractivity contribution in [3.8, 4) is 5.75 Å². The molecule has 0 aliphatic carbocycles. The first-order valence-corrected chi connectivity index (χ1v) is 10.5. The normalized spacial score (nSPS) is 19.0. The summed E-state index contributed by atoms with van der Waals surface area (Å²) in [6.07, 6.45) is 3.53. The maximum absolute atomic E-state index is 12.5. The van der Waals surface area contributed by atoms with E-state index in [1.54, 1.807) is 12.1 Å². The molecule has 0 radical (unpaired) electrons. The number of piperazine rings is 1. The molecule has 1 aromatic rings. The highest BCUT2D eigenvalue weighted by Gasteiger charge is 2.24. The zero-order valence-electron chi connectivity index (χ0n) is 16.9. The molecule has 3 rings (SSSR count). The van der Waals surface area contributed by atoms with Crippen LogP contribution in [0.3, 0.4) is 0 Å². The van der Waals surface area contributed by atoms with Crippen LogP contribution in [-0.4, -0.2) is 84.0 Å². The van der Waals surface area contributed by atoms with Gasteiger partial charge >= 0.3 is 0 Å². The summed E-state index contributed by atoms with van der Waals surface area (Å²) < 4.78 is 0. The molecule has 1 aromatic carbocycles. The molecule has 154 valence electrons. The van der Waals surface area contributed by atoms with Crippen molar-refractivity contribution in [3.05, 3.63) is 29.8 Å². The lowest BCUT2D eigenvalue weighted by molar-refractivity contribution is -0.133. The van der Waals surface area contributed by atoms with Gasteiger partial charge in [0, 0.05) is 45.8 Å². The van der Waals surface area contributed by atoms with Gasteiger partial charge in [0.2, 0.25) is 5.91 Å². The fourth-order valence-electron chi connectivity index (χ4n) is 3.80. The lowest BCUT2D eigenvalue weighted by Gasteiger charge is -2.37. The molecule has 0 aromatic heterocycles. The molecule has 2 heterocycles. The molecule has 0 saturated carbocycles. The van der Waals surface area contributed by atoms with Gasteiger partial charge in [-0.25, -0.2) is 4.99 Å². The molecule has 0 bridgehead atoms. The molecule has 2 saturated heterocycles. The third kappa shape index (κ3) is 5.86. The van der Waals surface area contributed by atoms with Crippen molar-refractivity contribution in [1.29, 1.82) is 0 Å². The molecule has 7 heteroatoms. The van der Waals surface area contributed by atoms with E-state index < -0.39 is 0 Å². The Morgan fingerprint density at radius 2 is 1.82 bits per heavy atom. The average Bonchev–Trinajstić information content (AvgIpc) is 2.72. The molecule has 2 aliphatic rings. The van der Waals surface area contributed by atoms with Crippen LogP contribution in [0.25, 0.3) is 0 Å². The van der Waals surface area contributed by atoms with E-state index in [0.717, 1.165) is 70.2 Å². The summed E-state index contributed by atoms with van der Waals surface area (Å²) in [4.78, 5) is 23.8. The lowest BCUT2D eigenvalue weighted by atomic mass is 10.1. The van der Waals surface area contributed by atoms with Crippen molar-refractivity contribution < 1.29 is 9.90 Å². The van der Waals surface area contributed by atoms with Crippen LogP contribution < -0.4 is 5.32 Å². The molecule has 0 atom stereocenters. The highest BCUT2D eigenvalue weighted by molar-refractivity contribution is 5.80. The number of hydrogen-bond acceptors (Lipinski definition) is 4. The number of piperidine rings is 1. The van der Waals surface area contributed by atoms with Crippen molar-refractivity contribution in [2.24, 2.45) is 4.99 Å². The van der Waals surface area contributed by atoms with Gasteiger partial charge in [0.1, 0.15) is 5.75 Å². The number of benzene rings is 1. The minimum atomic E-state index is 0.268. The number of nitrogens with zero attached hydrogens (tertiary/aromatic N) is 4. The van der Waals surface area contributed by atoms with Gasteiger partial charge in [-0.3, -0.25) is 9.69 Å². The number of phenolic OH excluding ortho intramolecular Hbond substituents is 1. The third-order valence-electron chi connectivity index (χ3n) is 5.40. The number of amides is 1. The summed E-state index contributed by atoms with van der Waals surface area (Å²) in [5.41, 5.74) is 0.987. The monoisotopic (exact) mass is 387 g/mol. The maximum atomic E-state index is 12.5. The first-order valence-electron chi connectivity index (χ1n) is 10.5. The smallest absolute Gasteiger partial charge is 0.236 e. The van der Waals surface area contributed by atoms with Crippen LogP contribution in [0.4, 0.5) is 0 Å². The number of carbonyl (C=O) groups is 1. The summed E-state index contributed by atoms with van der Waals surface area (Å²) in [6, 6.07) is 7.22. The average molecular weight is 388 g/mol. The van der Waals surface area contributed by atoms with E-state index in [1.807, 2.05) is 17.0 Å². The van der Waals surface area contributed by atoms with E-state index in [2.05, 4.69) is 22.0 Å². The van der Waals surface area contributed by atoms with Gasteiger partial charge in [-0.15, -0.1) is 0 Å². The fourth-order valence-corrected chi connectivity index (χ4v) is 3.80. The van der Waals surface area contributed by atoms with Crippen LogP contribution >= 0.6 is 0 Å². The molecule has 1 amide bonds. The van der Waals surface area contributed by atoms with Crippen LogP contribution in [0, 0.1) is 0 Å². The van der Waals surface area contributed by atoms with Crippen LogP contribution in [0.2, 0.25) is 0 Å². The van der Waals surface area contributed by atoms with E-state index in [1.165, 1.54) is 6.42 Å². The second-order valence-electron chi connectivity index (χ2n) is 7.54. The number of nitrogens with one attached hydrogen (secondary N) is 1. The Morgan fingerprint density at radius 3 is 2.50 bits per heavy atom. The van der Waals surface area contributed by atoms with Gasteiger partial charge < -0.3 is 20.2 Å². The second-order valence-corrected chi connectivity index (χ2v) is 7.54. The lowest BCUT2D eigenvalue weighted by Crippen LogP contribution is -2.54. The molecule has 0 unspecified atom stereocenters. The molecule has 7 nitrogen and oxygen atoms in total. The van der Waals surface area contributed by atoms with E-state index in [0.29, 0.717) is 13.1 Å². The number of rotatable bonds is 5. The first kappa shape index (κ1) is 20.5. The van der Waals surface area contributed by atoms with Crippen molar-refractivity contribution in [2.45, 2.75) is 32.7 Å². The molecule has 2 N–H and O–H groups in total. The minimum absolute atomic E-state index is 0.268. The summed E-state index contributed by atoms with van der Waals surface area (Å²) in [6.45, 7) is 9.25. The van der Waals surface area contributed by atoms with Crippen LogP contribution in [-0.2, 0) is 11.3 Å². The quantitative estimate of drug-likeness (QED) is 0.592. The SMILES string of the molecule is CCNC(=NCc1cccc(O)c1)N1CCN(CC(=O)N2CCCCC2)CC1. The Bertz CT molecular complexity index is 665. The van der Waals surface area contributed by atoms with Gasteiger partial charge in [0.05, 0.1) is 13.1 Å². The summed E-state index contributed by atoms with van der Waals surface area (Å²) >= 11 is 0. The van der Waals surface area contributed by atoms with Crippen molar-refractivity contribution in [1.82, 2.24) is 20.0 Å². The van der Waals surface area contributed by atoms with Gasteiger partial charge in [0.25, 0.3) is 0 Å². The number of likely N-dealkylation sites (tertiary alicyclic amines) is 1. The van der Waals surface area contributed by atoms with E-state index in [4.69, 9.17) is 4.99 Å². The molecule has 2 fully saturated rings. The predicted molar refractivity (Wildman–Crippen MR) is 111 cm³/mol. The largest absolute Gasteiger partial charge is 0.508 e. The van der Waals surface area contributed by atoms with E-state index >= 15 is 0 Å². The topological polar surface area (TPSA) is 71.4 Å². The Morgan fingerprint density at radius 1 is 1.07 bits per heavy atom. The maximum Gasteiger partial charge on any atom is 0.236 e. The Kier molecular flexibility index (Phi) is 7.54. The fraction of sp³-hybridized carbons (Fsp3) is 0.619. The number of carbonyl (C=O) groups excluding carboxylic acids is 1. The highest BCUT2D eigenvalue weighted by Crippen LogP contribution is 2.13. The van der Waals surface area contributed by atoms with Crippen molar-refractivity contribution in [3.63, 3.8) is 0 Å². The molecule has 28 heavy (non-hydrogen) atoms. The Balaban J connectivity index is 1.50. The Labute approximate surface area is 168 Å². The zero-order valence-corrected chi connectivity index (χ0v) is 16.9. The predicted octanol–water partition coefficient (Wildman–Crippen LogP) is 1.49. The van der Waals surface area contributed by atoms with Crippen molar-refractivity contribution >= 4 is 11.9 Å². The summed E-state index contributed by atoms with van der Waals surface area (Å²) in [5, 5.41) is 13.0. The first-order chi connectivity index (χ1) is 13.7. The number of phenols is 1. The highest BCUT2D eigenvalue weighted by atomic mass is 16.3. The van der Waals surface area contributed by atoms with Crippen LogP contribution in [0.1, 0.15) is 31.7 Å². The van der Waals surface area contributed by atoms with E-state index in [-0.39, 0.29) is 11.7 Å². The second kappa shape index (κ2) is 10.3. The molecule has 2 aliphatic heterocycles. The molecular weight excluding hydrogens is 354 g/mol. The zero-order chi connectivity index (χ0) is 19.8. The van der Waals surface area contributed by atoms with Gasteiger partial charge in [0.15, 0.2) is 5.96 Å². The Hall–Kier alpha value is -2.28. The standard InChI is InChI=1S/C21H33N5O2/c1-2-22-21(23-16-18-7-6-8-19(27)15-18)26-13-11-24(12-14-26)17-20(28)25-9-4-3-5-10-25/h6-8,15,27H,2-5,9-14,16-17H2,1H3,(H,22,23). The molecular formula is C21H33N5O2. The minimum Gasteiger partial charge on any atom is -0.508 e. The number of hydrogen-bond donors (Lipinski definition) is 2. The number of guanidine groups is 1. The van der Waals surface area contributed by atoms with Crippen LogP contribution in [0.15, 0.2) is 29.3 Å². The van der Waals surface area contributed by atoms with Crippen LogP contribution in [0.5, 0.6) is 5.75 Å². The van der Waals surface area contributed by atoms with Gasteiger partial charge in [-0.2, -0.15) is 0 Å². The summed E-state index contributed by atoms with van der Waals surface area (Å²) in [5.74, 6) is 1.44. The third-order valence-corrected chi connectivity index (χ3v) is 5.40. The number of aliphatic imine (C=N–C) groups is 1.